The molecule has 3 rings (SSSR count). The first-order valence-corrected chi connectivity index (χ1v) is 8.74. The minimum Gasteiger partial charge on any atom is -0.492 e. The van der Waals surface area contributed by atoms with E-state index in [9.17, 15) is 14.9 Å². The van der Waals surface area contributed by atoms with Gasteiger partial charge in [-0.1, -0.05) is 12.1 Å². The molecule has 0 radical (unpaired) electrons. The Balaban J connectivity index is 1.91. The zero-order valence-electron chi connectivity index (χ0n) is 15.0. The van der Waals surface area contributed by atoms with E-state index < -0.39 is 10.8 Å². The lowest BCUT2D eigenvalue weighted by Gasteiger charge is -2.29. The molecule has 8 heteroatoms. The molecule has 0 atom stereocenters. The van der Waals surface area contributed by atoms with Gasteiger partial charge in [0.15, 0.2) is 0 Å². The van der Waals surface area contributed by atoms with E-state index in [-0.39, 0.29) is 11.3 Å². The molecule has 0 unspecified atom stereocenters. The number of anilines is 2. The highest BCUT2D eigenvalue weighted by Gasteiger charge is 2.23. The Morgan fingerprint density at radius 2 is 2.00 bits per heavy atom. The molecule has 1 amide bonds. The fourth-order valence-corrected chi connectivity index (χ4v) is 2.92. The second-order valence-electron chi connectivity index (χ2n) is 5.94. The average Bonchev–Trinajstić information content (AvgIpc) is 2.69. The number of nitro benzene ring substituents is 1. The number of nitrogens with zero attached hydrogens (tertiary/aromatic N) is 2. The molecule has 0 spiro atoms. The predicted octanol–water partition coefficient (Wildman–Crippen LogP) is 3.08. The van der Waals surface area contributed by atoms with Gasteiger partial charge in [0.1, 0.15) is 11.3 Å². The smallest absolute Gasteiger partial charge is 0.282 e. The van der Waals surface area contributed by atoms with Crippen molar-refractivity contribution in [1.82, 2.24) is 0 Å². The maximum Gasteiger partial charge on any atom is 0.282 e. The number of amides is 1. The van der Waals surface area contributed by atoms with Crippen molar-refractivity contribution in [3.05, 3.63) is 58.1 Å². The SMILES string of the molecule is CCOc1ccccc1NC(=O)c1cc(N2CCOCC2)ccc1[N+](=O)[O-]. The lowest BCUT2D eigenvalue weighted by molar-refractivity contribution is -0.385. The van der Waals surface area contributed by atoms with Crippen LogP contribution in [0.15, 0.2) is 42.5 Å². The van der Waals surface area contributed by atoms with Crippen LogP contribution in [0.1, 0.15) is 17.3 Å². The van der Waals surface area contributed by atoms with Gasteiger partial charge in [-0.15, -0.1) is 0 Å². The van der Waals surface area contributed by atoms with Crippen molar-refractivity contribution >= 4 is 23.0 Å². The molecule has 8 nitrogen and oxygen atoms in total. The van der Waals surface area contributed by atoms with Gasteiger partial charge in [-0.25, -0.2) is 0 Å². The van der Waals surface area contributed by atoms with Crippen LogP contribution in [0.4, 0.5) is 17.1 Å². The number of ether oxygens (including phenoxy) is 2. The van der Waals surface area contributed by atoms with Crippen LogP contribution in [0.5, 0.6) is 5.75 Å². The molecule has 0 aromatic heterocycles. The maximum absolute atomic E-state index is 12.8. The molecular formula is C19H21N3O5. The molecule has 0 saturated carbocycles. The minimum atomic E-state index is -0.552. The third-order valence-corrected chi connectivity index (χ3v) is 4.23. The number of morpholine rings is 1. The molecular weight excluding hydrogens is 350 g/mol. The summed E-state index contributed by atoms with van der Waals surface area (Å²) in [6, 6.07) is 11.6. The highest BCUT2D eigenvalue weighted by atomic mass is 16.6. The number of hydrogen-bond donors (Lipinski definition) is 1. The third-order valence-electron chi connectivity index (χ3n) is 4.23. The number of carbonyl (C=O) groups is 1. The molecule has 1 N–H and O–H groups in total. The first-order valence-electron chi connectivity index (χ1n) is 8.74. The van der Waals surface area contributed by atoms with E-state index in [1.807, 2.05) is 11.8 Å². The Bertz CT molecular complexity index is 834. The van der Waals surface area contributed by atoms with Crippen molar-refractivity contribution < 1.29 is 19.2 Å². The zero-order chi connectivity index (χ0) is 19.2. The van der Waals surface area contributed by atoms with E-state index in [2.05, 4.69) is 5.32 Å². The van der Waals surface area contributed by atoms with Crippen molar-refractivity contribution in [3.63, 3.8) is 0 Å². The molecule has 0 bridgehead atoms. The second-order valence-corrected chi connectivity index (χ2v) is 5.94. The van der Waals surface area contributed by atoms with Gasteiger partial charge < -0.3 is 19.7 Å². The number of carbonyl (C=O) groups excluding carboxylic acids is 1. The summed E-state index contributed by atoms with van der Waals surface area (Å²) in [4.78, 5) is 25.7. The van der Waals surface area contributed by atoms with E-state index in [1.54, 1.807) is 36.4 Å². The van der Waals surface area contributed by atoms with Gasteiger partial charge in [-0.05, 0) is 31.2 Å². The summed E-state index contributed by atoms with van der Waals surface area (Å²) < 4.78 is 10.8. The topological polar surface area (TPSA) is 93.9 Å². The van der Waals surface area contributed by atoms with Crippen LogP contribution in [-0.2, 0) is 4.74 Å². The Kier molecular flexibility index (Phi) is 5.87. The monoisotopic (exact) mass is 371 g/mol. The molecule has 1 saturated heterocycles. The second kappa shape index (κ2) is 8.50. The number of nitrogens with one attached hydrogen (secondary N) is 1. The summed E-state index contributed by atoms with van der Waals surface area (Å²) >= 11 is 0. The van der Waals surface area contributed by atoms with Gasteiger partial charge in [0.05, 0.1) is 30.4 Å². The first kappa shape index (κ1) is 18.7. The zero-order valence-corrected chi connectivity index (χ0v) is 15.0. The lowest BCUT2D eigenvalue weighted by atomic mass is 10.1. The van der Waals surface area contributed by atoms with Crippen molar-refractivity contribution in [1.29, 1.82) is 0 Å². The van der Waals surface area contributed by atoms with Gasteiger partial charge in [0, 0.05) is 24.8 Å². The van der Waals surface area contributed by atoms with E-state index in [4.69, 9.17) is 9.47 Å². The highest BCUT2D eigenvalue weighted by molar-refractivity contribution is 6.08. The van der Waals surface area contributed by atoms with Crippen LogP contribution < -0.4 is 15.0 Å². The molecule has 1 heterocycles. The molecule has 2 aromatic carbocycles. The van der Waals surface area contributed by atoms with E-state index in [1.165, 1.54) is 6.07 Å². The Morgan fingerprint density at radius 1 is 1.26 bits per heavy atom. The number of para-hydroxylation sites is 2. The molecule has 1 aliphatic heterocycles. The molecule has 142 valence electrons. The van der Waals surface area contributed by atoms with Crippen molar-refractivity contribution in [2.24, 2.45) is 0 Å². The lowest BCUT2D eigenvalue weighted by Crippen LogP contribution is -2.36. The van der Waals surface area contributed by atoms with E-state index >= 15 is 0 Å². The van der Waals surface area contributed by atoms with Gasteiger partial charge >= 0.3 is 0 Å². The summed E-state index contributed by atoms with van der Waals surface area (Å²) in [5.74, 6) is -0.0377. The Hall–Kier alpha value is -3.13. The molecule has 27 heavy (non-hydrogen) atoms. The van der Waals surface area contributed by atoms with Gasteiger partial charge in [0.25, 0.3) is 11.6 Å². The minimum absolute atomic E-state index is 0.00953. The molecule has 1 aliphatic rings. The van der Waals surface area contributed by atoms with Crippen molar-refractivity contribution in [2.45, 2.75) is 6.92 Å². The molecule has 1 fully saturated rings. The number of rotatable bonds is 6. The fraction of sp³-hybridized carbons (Fsp3) is 0.316. The number of hydrogen-bond acceptors (Lipinski definition) is 6. The summed E-state index contributed by atoms with van der Waals surface area (Å²) in [5.41, 5.74) is 0.997. The first-order chi connectivity index (χ1) is 13.1. The normalized spacial score (nSPS) is 13.9. The maximum atomic E-state index is 12.8. The van der Waals surface area contributed by atoms with Crippen molar-refractivity contribution in [3.8, 4) is 5.75 Å². The summed E-state index contributed by atoms with van der Waals surface area (Å²) in [5, 5.41) is 14.1. The van der Waals surface area contributed by atoms with Crippen LogP contribution in [0.2, 0.25) is 0 Å². The predicted molar refractivity (Wildman–Crippen MR) is 102 cm³/mol. The van der Waals surface area contributed by atoms with Gasteiger partial charge in [-0.2, -0.15) is 0 Å². The van der Waals surface area contributed by atoms with Gasteiger partial charge in [-0.3, -0.25) is 14.9 Å². The largest absolute Gasteiger partial charge is 0.492 e. The van der Waals surface area contributed by atoms with Gasteiger partial charge in [0.2, 0.25) is 0 Å². The van der Waals surface area contributed by atoms with Crippen LogP contribution in [0.3, 0.4) is 0 Å². The quantitative estimate of drug-likeness (QED) is 0.619. The average molecular weight is 371 g/mol. The highest BCUT2D eigenvalue weighted by Crippen LogP contribution is 2.29. The van der Waals surface area contributed by atoms with Crippen LogP contribution in [-0.4, -0.2) is 43.7 Å². The van der Waals surface area contributed by atoms with Crippen LogP contribution in [0.25, 0.3) is 0 Å². The van der Waals surface area contributed by atoms with Crippen LogP contribution in [0, 0.1) is 10.1 Å². The Morgan fingerprint density at radius 3 is 2.70 bits per heavy atom. The fourth-order valence-electron chi connectivity index (χ4n) is 2.92. The number of benzene rings is 2. The van der Waals surface area contributed by atoms with Crippen LogP contribution >= 0.6 is 0 Å². The summed E-state index contributed by atoms with van der Waals surface area (Å²) in [6.07, 6.45) is 0. The van der Waals surface area contributed by atoms with Crippen molar-refractivity contribution in [2.75, 3.05) is 43.1 Å². The summed E-state index contributed by atoms with van der Waals surface area (Å²) in [6.45, 7) is 4.80. The molecule has 0 aliphatic carbocycles. The van der Waals surface area contributed by atoms with E-state index in [0.717, 1.165) is 5.69 Å². The number of nitro groups is 1. The Labute approximate surface area is 156 Å². The van der Waals surface area contributed by atoms with E-state index in [0.29, 0.717) is 44.3 Å². The molecule has 2 aromatic rings. The standard InChI is InChI=1S/C19H21N3O5/c1-2-27-18-6-4-3-5-16(18)20-19(23)15-13-14(7-8-17(15)22(24)25)21-9-11-26-12-10-21/h3-8,13H,2,9-12H2,1H3,(H,20,23). The summed E-state index contributed by atoms with van der Waals surface area (Å²) in [7, 11) is 0. The third kappa shape index (κ3) is 4.35.